The topological polar surface area (TPSA) is 140 Å². The van der Waals surface area contributed by atoms with E-state index >= 15 is 0 Å². The maximum atomic E-state index is 14.6. The molecule has 0 aliphatic carbocycles. The summed E-state index contributed by atoms with van der Waals surface area (Å²) in [6, 6.07) is 4.97. The molecule has 12 heteroatoms. The molecular formula is C19H22FN9O2. The van der Waals surface area contributed by atoms with Crippen molar-refractivity contribution in [2.75, 3.05) is 23.7 Å². The van der Waals surface area contributed by atoms with Crippen LogP contribution in [0.2, 0.25) is 0 Å². The summed E-state index contributed by atoms with van der Waals surface area (Å²) in [5.74, 6) is -0.738. The lowest BCUT2D eigenvalue weighted by atomic mass is 10.1. The van der Waals surface area contributed by atoms with E-state index in [1.54, 1.807) is 26.0 Å². The summed E-state index contributed by atoms with van der Waals surface area (Å²) in [6.07, 6.45) is 3.31. The van der Waals surface area contributed by atoms with Crippen molar-refractivity contribution in [1.29, 1.82) is 0 Å². The number of rotatable bonds is 5. The van der Waals surface area contributed by atoms with E-state index < -0.39 is 5.91 Å². The molecule has 1 amide bonds. The van der Waals surface area contributed by atoms with Crippen molar-refractivity contribution < 1.29 is 13.8 Å². The van der Waals surface area contributed by atoms with Crippen molar-refractivity contribution in [3.05, 3.63) is 41.0 Å². The number of nitrogens with one attached hydrogen (secondary N) is 1. The normalized spacial score (nSPS) is 14.7. The fourth-order valence-electron chi connectivity index (χ4n) is 3.45. The molecule has 0 radical (unpaired) electrons. The number of carbonyl (C=O) groups is 1. The second-order valence-corrected chi connectivity index (χ2v) is 7.26. The summed E-state index contributed by atoms with van der Waals surface area (Å²) >= 11 is 0. The number of amides is 1. The van der Waals surface area contributed by atoms with Crippen molar-refractivity contribution in [1.82, 2.24) is 30.7 Å². The van der Waals surface area contributed by atoms with Gasteiger partial charge < -0.3 is 10.6 Å². The van der Waals surface area contributed by atoms with Gasteiger partial charge in [0.2, 0.25) is 11.6 Å². The zero-order valence-corrected chi connectivity index (χ0v) is 17.2. The SMILES string of the molecule is C/C(=N\NC(=O)c1nnn(-c2nonc2N)c1C)c1ccc(N2CCCCC2)c(F)c1. The van der Waals surface area contributed by atoms with E-state index in [2.05, 4.69) is 40.7 Å². The maximum Gasteiger partial charge on any atom is 0.293 e. The average molecular weight is 427 g/mol. The van der Waals surface area contributed by atoms with Gasteiger partial charge in [-0.3, -0.25) is 4.79 Å². The van der Waals surface area contributed by atoms with Crippen molar-refractivity contribution in [3.8, 4) is 5.82 Å². The summed E-state index contributed by atoms with van der Waals surface area (Å²) in [7, 11) is 0. The van der Waals surface area contributed by atoms with Crippen LogP contribution in [0, 0.1) is 12.7 Å². The van der Waals surface area contributed by atoms with Crippen LogP contribution >= 0.6 is 0 Å². The van der Waals surface area contributed by atoms with Gasteiger partial charge in [-0.1, -0.05) is 11.3 Å². The molecule has 3 aromatic rings. The summed E-state index contributed by atoms with van der Waals surface area (Å²) in [4.78, 5) is 14.5. The molecule has 1 fully saturated rings. The number of anilines is 2. The first-order chi connectivity index (χ1) is 15.0. The van der Waals surface area contributed by atoms with Crippen LogP contribution in [0.5, 0.6) is 0 Å². The number of aromatic nitrogens is 5. The van der Waals surface area contributed by atoms with Crippen LogP contribution in [0.4, 0.5) is 15.9 Å². The number of nitrogens with zero attached hydrogens (tertiary/aromatic N) is 7. The Bertz CT molecular complexity index is 1130. The Morgan fingerprint density at radius 2 is 2.03 bits per heavy atom. The molecule has 11 nitrogen and oxygen atoms in total. The molecule has 0 atom stereocenters. The van der Waals surface area contributed by atoms with E-state index in [0.717, 1.165) is 25.9 Å². The number of benzene rings is 1. The van der Waals surface area contributed by atoms with Gasteiger partial charge in [-0.2, -0.15) is 9.78 Å². The minimum absolute atomic E-state index is 0.0175. The van der Waals surface area contributed by atoms with Crippen LogP contribution in [0.25, 0.3) is 5.82 Å². The molecule has 1 aliphatic rings. The average Bonchev–Trinajstić information content (AvgIpc) is 3.37. The molecular weight excluding hydrogens is 405 g/mol. The highest BCUT2D eigenvalue weighted by Crippen LogP contribution is 2.24. The highest BCUT2D eigenvalue weighted by molar-refractivity contribution is 6.00. The van der Waals surface area contributed by atoms with E-state index in [4.69, 9.17) is 5.73 Å². The van der Waals surface area contributed by atoms with E-state index in [1.165, 1.54) is 17.2 Å². The second kappa shape index (κ2) is 8.50. The summed E-state index contributed by atoms with van der Waals surface area (Å²) < 4.78 is 20.4. The molecule has 4 rings (SSSR count). The number of nitrogens with two attached hydrogens (primary N) is 1. The first kappa shape index (κ1) is 20.4. The van der Waals surface area contributed by atoms with Gasteiger partial charge >= 0.3 is 0 Å². The molecule has 162 valence electrons. The molecule has 3 N–H and O–H groups in total. The van der Waals surface area contributed by atoms with E-state index in [-0.39, 0.29) is 23.1 Å². The van der Waals surface area contributed by atoms with Gasteiger partial charge in [0.25, 0.3) is 5.91 Å². The largest absolute Gasteiger partial charge is 0.378 e. The van der Waals surface area contributed by atoms with E-state index in [0.29, 0.717) is 22.7 Å². The number of hydrogen-bond donors (Lipinski definition) is 2. The van der Waals surface area contributed by atoms with Crippen LogP contribution in [0.15, 0.2) is 27.9 Å². The van der Waals surface area contributed by atoms with E-state index in [9.17, 15) is 9.18 Å². The molecule has 3 heterocycles. The molecule has 1 aliphatic heterocycles. The molecule has 2 aromatic heterocycles. The van der Waals surface area contributed by atoms with Crippen LogP contribution in [-0.2, 0) is 0 Å². The van der Waals surface area contributed by atoms with Crippen molar-refractivity contribution in [2.45, 2.75) is 33.1 Å². The Morgan fingerprint density at radius 3 is 2.71 bits per heavy atom. The summed E-state index contributed by atoms with van der Waals surface area (Å²) in [6.45, 7) is 5.01. The number of halogens is 1. The zero-order chi connectivity index (χ0) is 22.0. The van der Waals surface area contributed by atoms with Crippen molar-refractivity contribution in [3.63, 3.8) is 0 Å². The van der Waals surface area contributed by atoms with Crippen LogP contribution in [0.1, 0.15) is 47.9 Å². The fourth-order valence-corrected chi connectivity index (χ4v) is 3.45. The quantitative estimate of drug-likeness (QED) is 0.464. The van der Waals surface area contributed by atoms with Gasteiger partial charge in [0, 0.05) is 18.7 Å². The number of piperidine rings is 1. The highest BCUT2D eigenvalue weighted by atomic mass is 19.1. The van der Waals surface area contributed by atoms with E-state index in [1.807, 2.05) is 0 Å². The summed E-state index contributed by atoms with van der Waals surface area (Å²) in [5.41, 5.74) is 10.1. The van der Waals surface area contributed by atoms with Gasteiger partial charge in [-0.25, -0.2) is 14.4 Å². The van der Waals surface area contributed by atoms with Crippen molar-refractivity contribution >= 4 is 23.1 Å². The third kappa shape index (κ3) is 4.09. The Kier molecular flexibility index (Phi) is 5.60. The Balaban J connectivity index is 1.47. The molecule has 31 heavy (non-hydrogen) atoms. The zero-order valence-electron chi connectivity index (χ0n) is 17.2. The first-order valence-electron chi connectivity index (χ1n) is 9.86. The van der Waals surface area contributed by atoms with Gasteiger partial charge in [-0.15, -0.1) is 5.10 Å². The predicted molar refractivity (Wildman–Crippen MR) is 111 cm³/mol. The molecule has 1 aromatic carbocycles. The smallest absolute Gasteiger partial charge is 0.293 e. The lowest BCUT2D eigenvalue weighted by Gasteiger charge is -2.29. The first-order valence-corrected chi connectivity index (χ1v) is 9.86. The van der Waals surface area contributed by atoms with Gasteiger partial charge in [-0.05, 0) is 55.6 Å². The standard InChI is InChI=1S/C19H22FN9O2/c1-11(13-6-7-15(14(20)10-13)28-8-4-3-5-9-28)22-24-19(30)16-12(2)29(27-23-16)18-17(21)25-31-26-18/h6-7,10H,3-5,8-9H2,1-2H3,(H2,21,25)(H,24,30)/b22-11+. The van der Waals surface area contributed by atoms with Crippen LogP contribution in [0.3, 0.4) is 0 Å². The Hall–Kier alpha value is -3.83. The fraction of sp³-hybridized carbons (Fsp3) is 0.368. The molecule has 0 spiro atoms. The highest BCUT2D eigenvalue weighted by Gasteiger charge is 2.21. The molecule has 1 saturated heterocycles. The molecule has 0 saturated carbocycles. The number of hydrazone groups is 1. The monoisotopic (exact) mass is 427 g/mol. The number of hydrogen-bond acceptors (Lipinski definition) is 9. The molecule has 0 bridgehead atoms. The van der Waals surface area contributed by atoms with Gasteiger partial charge in [0.15, 0.2) is 5.69 Å². The maximum absolute atomic E-state index is 14.6. The Labute approximate surface area is 177 Å². The van der Waals surface area contributed by atoms with Crippen LogP contribution < -0.4 is 16.1 Å². The second-order valence-electron chi connectivity index (χ2n) is 7.26. The minimum Gasteiger partial charge on any atom is -0.378 e. The lowest BCUT2D eigenvalue weighted by Crippen LogP contribution is -2.30. The predicted octanol–water partition coefficient (Wildman–Crippen LogP) is 1.82. The number of carbonyl (C=O) groups excluding carboxylic acids is 1. The van der Waals surface area contributed by atoms with Crippen molar-refractivity contribution in [2.24, 2.45) is 5.10 Å². The third-order valence-electron chi connectivity index (χ3n) is 5.19. The number of nitrogen functional groups attached to an aromatic ring is 1. The minimum atomic E-state index is -0.580. The van der Waals surface area contributed by atoms with Crippen LogP contribution in [-0.4, -0.2) is 50.0 Å². The summed E-state index contributed by atoms with van der Waals surface area (Å²) in [5, 5.41) is 18.9. The Morgan fingerprint density at radius 1 is 1.26 bits per heavy atom. The van der Waals surface area contributed by atoms with Gasteiger partial charge in [0.1, 0.15) is 5.82 Å². The lowest BCUT2D eigenvalue weighted by molar-refractivity contribution is 0.0949. The third-order valence-corrected chi connectivity index (χ3v) is 5.19. The van der Waals surface area contributed by atoms with Gasteiger partial charge in [0.05, 0.1) is 17.1 Å². The molecule has 0 unspecified atom stereocenters.